The molecule has 2 aromatic rings. The van der Waals surface area contributed by atoms with Crippen molar-refractivity contribution in [1.29, 1.82) is 0 Å². The summed E-state index contributed by atoms with van der Waals surface area (Å²) in [7, 11) is 0. The molecule has 2 aromatic carbocycles. The van der Waals surface area contributed by atoms with Crippen LogP contribution in [0.2, 0.25) is 0 Å². The first-order valence-corrected chi connectivity index (χ1v) is 18.3. The van der Waals surface area contributed by atoms with Crippen molar-refractivity contribution in [3.8, 4) is 17.2 Å². The Hall–Kier alpha value is -3.32. The van der Waals surface area contributed by atoms with Crippen LogP contribution in [0.3, 0.4) is 0 Å². The van der Waals surface area contributed by atoms with Crippen LogP contribution < -0.4 is 9.47 Å². The normalized spacial score (nSPS) is 25.5. The Morgan fingerprint density at radius 3 is 2.66 bits per heavy atom. The molecule has 254 valence electrons. The summed E-state index contributed by atoms with van der Waals surface area (Å²) in [6.45, 7) is 10.1. The van der Waals surface area contributed by atoms with Gasteiger partial charge in [-0.05, 0) is 69.4 Å². The van der Waals surface area contributed by atoms with Crippen LogP contribution in [0.25, 0.3) is 0 Å². The second kappa shape index (κ2) is 14.8. The molecule has 47 heavy (non-hydrogen) atoms. The summed E-state index contributed by atoms with van der Waals surface area (Å²) in [4.78, 5) is 31.0. The van der Waals surface area contributed by atoms with Crippen LogP contribution in [-0.4, -0.2) is 64.6 Å². The second-order valence-electron chi connectivity index (χ2n) is 14.4. The van der Waals surface area contributed by atoms with Gasteiger partial charge < -0.3 is 19.5 Å². The van der Waals surface area contributed by atoms with Gasteiger partial charge in [0.05, 0.1) is 6.04 Å². The van der Waals surface area contributed by atoms with Crippen LogP contribution in [-0.2, 0) is 27.8 Å². The summed E-state index contributed by atoms with van der Waals surface area (Å²) < 4.78 is 12.7. The maximum atomic E-state index is 14.2. The maximum Gasteiger partial charge on any atom is 0.308 e. The molecule has 2 heterocycles. The van der Waals surface area contributed by atoms with E-state index in [9.17, 15) is 14.7 Å². The van der Waals surface area contributed by atoms with E-state index < -0.39 is 5.97 Å². The third-order valence-corrected chi connectivity index (χ3v) is 11.5. The molecule has 0 radical (unpaired) electrons. The van der Waals surface area contributed by atoms with Crippen molar-refractivity contribution >= 4 is 11.9 Å². The van der Waals surface area contributed by atoms with Crippen LogP contribution in [0.1, 0.15) is 108 Å². The number of hydrogen-bond donors (Lipinski definition) is 1. The molecule has 0 aromatic heterocycles. The van der Waals surface area contributed by atoms with E-state index in [4.69, 9.17) is 9.47 Å². The van der Waals surface area contributed by atoms with Crippen LogP contribution in [0, 0.1) is 5.92 Å². The lowest BCUT2D eigenvalue weighted by Gasteiger charge is -2.60. The molecule has 1 saturated carbocycles. The van der Waals surface area contributed by atoms with Gasteiger partial charge in [-0.25, -0.2) is 0 Å². The lowest BCUT2D eigenvalue weighted by molar-refractivity contribution is -0.142. The fraction of sp³-hybridized carbons (Fsp3) is 0.600. The number of amides is 1. The Labute approximate surface area is 281 Å². The molecular formula is C40H54N2O5. The van der Waals surface area contributed by atoms with Gasteiger partial charge in [0.15, 0.2) is 11.5 Å². The molecule has 7 nitrogen and oxygen atoms in total. The number of unbranched alkanes of at least 4 members (excludes halogenated alkanes) is 6. The van der Waals surface area contributed by atoms with Gasteiger partial charge in [0.2, 0.25) is 5.91 Å². The Bertz CT molecular complexity index is 1430. The number of aryl methyl sites for hydroxylation is 1. The van der Waals surface area contributed by atoms with E-state index >= 15 is 0 Å². The molecule has 0 unspecified atom stereocenters. The Morgan fingerprint density at radius 1 is 1.11 bits per heavy atom. The topological polar surface area (TPSA) is 79.3 Å². The van der Waals surface area contributed by atoms with Crippen LogP contribution in [0.15, 0.2) is 49.1 Å². The van der Waals surface area contributed by atoms with E-state index in [0.29, 0.717) is 23.8 Å². The van der Waals surface area contributed by atoms with Gasteiger partial charge in [-0.3, -0.25) is 14.5 Å². The molecule has 6 rings (SSSR count). The van der Waals surface area contributed by atoms with Crippen molar-refractivity contribution in [2.75, 3.05) is 19.6 Å². The van der Waals surface area contributed by atoms with Crippen molar-refractivity contribution < 1.29 is 24.2 Å². The highest BCUT2D eigenvalue weighted by Crippen LogP contribution is 2.65. The molecule has 1 spiro atoms. The zero-order valence-corrected chi connectivity index (χ0v) is 28.6. The average Bonchev–Trinajstić information content (AvgIpc) is 3.40. The van der Waals surface area contributed by atoms with Crippen LogP contribution >= 0.6 is 0 Å². The highest BCUT2D eigenvalue weighted by molar-refractivity contribution is 5.77. The maximum absolute atomic E-state index is 14.2. The number of rotatable bonds is 16. The molecule has 1 amide bonds. The van der Waals surface area contributed by atoms with Gasteiger partial charge in [-0.2, -0.15) is 0 Å². The van der Waals surface area contributed by atoms with Crippen LogP contribution in [0.4, 0.5) is 0 Å². The Morgan fingerprint density at radius 2 is 1.89 bits per heavy atom. The summed E-state index contributed by atoms with van der Waals surface area (Å²) in [5.74, 6) is 1.23. The minimum absolute atomic E-state index is 0.0567. The summed E-state index contributed by atoms with van der Waals surface area (Å²) in [6, 6.07) is 12.5. The molecule has 7 heteroatoms. The largest absolute Gasteiger partial charge is 0.508 e. The number of phenolic OH excluding ortho intramolecular Hbond substituents is 1. The summed E-state index contributed by atoms with van der Waals surface area (Å²) in [5, 5.41) is 11.3. The lowest BCUT2D eigenvalue weighted by atomic mass is 9.50. The first kappa shape index (κ1) is 33.6. The molecule has 2 bridgehead atoms. The van der Waals surface area contributed by atoms with Crippen molar-refractivity contribution in [2.24, 2.45) is 5.92 Å². The fourth-order valence-electron chi connectivity index (χ4n) is 9.52. The molecule has 1 saturated heterocycles. The van der Waals surface area contributed by atoms with Gasteiger partial charge in [-0.1, -0.05) is 75.4 Å². The van der Waals surface area contributed by atoms with E-state index in [1.165, 1.54) is 25.3 Å². The average molecular weight is 643 g/mol. The SMILES string of the molecule is C=CCN1CC[C@]23c4c5c(O)cc(OC(C)=O)c4O[C@H]2[C@@H](N(CCCCC)C(=O)CCCCCCCc2ccccc2)CC[C@H]3[C@H]1C5. The number of benzene rings is 2. The second-order valence-corrected chi connectivity index (χ2v) is 14.4. The van der Waals surface area contributed by atoms with Gasteiger partial charge in [-0.15, -0.1) is 6.58 Å². The molecule has 4 aliphatic rings. The Kier molecular flexibility index (Phi) is 10.6. The van der Waals surface area contributed by atoms with E-state index in [0.717, 1.165) is 101 Å². The van der Waals surface area contributed by atoms with Gasteiger partial charge >= 0.3 is 5.97 Å². The Balaban J connectivity index is 1.22. The smallest absolute Gasteiger partial charge is 0.308 e. The number of piperidine rings is 1. The summed E-state index contributed by atoms with van der Waals surface area (Å²) in [6.07, 6.45) is 15.6. The first-order valence-electron chi connectivity index (χ1n) is 18.3. The van der Waals surface area contributed by atoms with E-state index in [2.05, 4.69) is 53.6 Å². The number of aromatic hydroxyl groups is 1. The minimum Gasteiger partial charge on any atom is -0.508 e. The van der Waals surface area contributed by atoms with Crippen molar-refractivity contribution in [3.63, 3.8) is 0 Å². The highest BCUT2D eigenvalue weighted by Gasteiger charge is 2.67. The monoisotopic (exact) mass is 642 g/mol. The van der Waals surface area contributed by atoms with Gasteiger partial charge in [0.1, 0.15) is 11.9 Å². The third kappa shape index (κ3) is 6.57. The minimum atomic E-state index is -0.435. The van der Waals surface area contributed by atoms with Gasteiger partial charge in [0, 0.05) is 55.1 Å². The van der Waals surface area contributed by atoms with Crippen molar-refractivity contribution in [3.05, 3.63) is 65.7 Å². The number of nitrogens with zero attached hydrogens (tertiary/aromatic N) is 2. The van der Waals surface area contributed by atoms with Crippen LogP contribution in [0.5, 0.6) is 17.2 Å². The number of esters is 1. The van der Waals surface area contributed by atoms with Crippen molar-refractivity contribution in [2.45, 2.75) is 127 Å². The molecule has 5 atom stereocenters. The number of ether oxygens (including phenoxy) is 2. The molecular weight excluding hydrogens is 588 g/mol. The highest BCUT2D eigenvalue weighted by atomic mass is 16.6. The van der Waals surface area contributed by atoms with E-state index in [1.54, 1.807) is 6.07 Å². The predicted molar refractivity (Wildman–Crippen MR) is 185 cm³/mol. The standard InChI is InChI=1S/C40H54N2O5/c1-4-6-15-24-42(36(45)19-14-9-7-8-11-16-29-17-12-10-13-18-29)32-21-20-31-33-26-30-34(44)27-35(46-28(3)43)38-37(30)40(31,39(32)47-38)22-25-41(33)23-5-2/h5,10,12-13,17-18,27,31-33,39,44H,2,4,6-9,11,14-16,19-26H2,1,3H3/t31-,32-,33+,39-,40-/m0/s1. The predicted octanol–water partition coefficient (Wildman–Crippen LogP) is 7.51. The van der Waals surface area contributed by atoms with Gasteiger partial charge in [0.25, 0.3) is 0 Å². The number of phenols is 1. The zero-order valence-electron chi connectivity index (χ0n) is 28.6. The number of likely N-dealkylation sites (tertiary alicyclic amines) is 1. The lowest BCUT2D eigenvalue weighted by Crippen LogP contribution is -2.69. The third-order valence-electron chi connectivity index (χ3n) is 11.5. The number of hydrogen-bond acceptors (Lipinski definition) is 6. The fourth-order valence-corrected chi connectivity index (χ4v) is 9.52. The molecule has 1 N–H and O–H groups in total. The van der Waals surface area contributed by atoms with E-state index in [-0.39, 0.29) is 35.3 Å². The molecule has 2 aliphatic carbocycles. The first-order chi connectivity index (χ1) is 22.9. The quantitative estimate of drug-likeness (QED) is 0.0884. The van der Waals surface area contributed by atoms with E-state index in [1.807, 2.05) is 6.08 Å². The summed E-state index contributed by atoms with van der Waals surface area (Å²) in [5.41, 5.74) is 3.03. The zero-order chi connectivity index (χ0) is 33.0. The van der Waals surface area contributed by atoms with Crippen molar-refractivity contribution in [1.82, 2.24) is 9.80 Å². The molecule has 2 aliphatic heterocycles. The number of carbonyl (C=O) groups is 2. The summed E-state index contributed by atoms with van der Waals surface area (Å²) >= 11 is 0. The molecule has 2 fully saturated rings. The number of carbonyl (C=O) groups excluding carboxylic acids is 2.